The van der Waals surface area contributed by atoms with Crippen LogP contribution in [0, 0.1) is 11.3 Å². The fourth-order valence-electron chi connectivity index (χ4n) is 3.03. The molecule has 0 radical (unpaired) electrons. The van der Waals surface area contributed by atoms with Crippen molar-refractivity contribution < 1.29 is 9.84 Å². The summed E-state index contributed by atoms with van der Waals surface area (Å²) in [7, 11) is 0. The molecule has 1 N–H and O–H groups in total. The summed E-state index contributed by atoms with van der Waals surface area (Å²) in [5.41, 5.74) is 1.57. The molecule has 0 saturated heterocycles. The standard InChI is InChI=1S/C14H18O2/c15-13-6-7-14(8-12(13)14)10-16-9-11-4-2-1-3-5-11/h1-5,12-13,15H,6-10H2/t12-,13-,14-/m0/s1. The molecule has 3 rings (SSSR count). The van der Waals surface area contributed by atoms with Crippen molar-refractivity contribution >= 4 is 0 Å². The highest BCUT2D eigenvalue weighted by Gasteiger charge is 2.61. The van der Waals surface area contributed by atoms with Crippen molar-refractivity contribution in [3.8, 4) is 0 Å². The monoisotopic (exact) mass is 218 g/mol. The van der Waals surface area contributed by atoms with E-state index in [9.17, 15) is 5.11 Å². The van der Waals surface area contributed by atoms with Crippen LogP contribution in [0.4, 0.5) is 0 Å². The molecular formula is C14H18O2. The van der Waals surface area contributed by atoms with E-state index in [4.69, 9.17) is 4.74 Å². The fourth-order valence-corrected chi connectivity index (χ4v) is 3.03. The maximum Gasteiger partial charge on any atom is 0.0717 e. The number of hydrogen-bond acceptors (Lipinski definition) is 2. The Morgan fingerprint density at radius 3 is 2.75 bits per heavy atom. The van der Waals surface area contributed by atoms with Gasteiger partial charge in [0.05, 0.1) is 19.3 Å². The van der Waals surface area contributed by atoms with E-state index < -0.39 is 0 Å². The van der Waals surface area contributed by atoms with E-state index in [0.29, 0.717) is 17.9 Å². The largest absolute Gasteiger partial charge is 0.393 e. The molecule has 2 nitrogen and oxygen atoms in total. The molecular weight excluding hydrogens is 200 g/mol. The van der Waals surface area contributed by atoms with Crippen molar-refractivity contribution in [2.45, 2.75) is 32.0 Å². The van der Waals surface area contributed by atoms with Crippen LogP contribution in [0.3, 0.4) is 0 Å². The molecule has 1 aromatic rings. The molecule has 0 amide bonds. The molecule has 0 unspecified atom stereocenters. The van der Waals surface area contributed by atoms with Gasteiger partial charge in [-0.1, -0.05) is 30.3 Å². The Morgan fingerprint density at radius 2 is 2.12 bits per heavy atom. The number of hydrogen-bond donors (Lipinski definition) is 1. The van der Waals surface area contributed by atoms with E-state index in [1.54, 1.807) is 0 Å². The first-order chi connectivity index (χ1) is 7.80. The lowest BCUT2D eigenvalue weighted by Crippen LogP contribution is -2.10. The Balaban J connectivity index is 1.49. The maximum absolute atomic E-state index is 9.67. The molecule has 0 heterocycles. The fraction of sp³-hybridized carbons (Fsp3) is 0.571. The highest BCUT2D eigenvalue weighted by Crippen LogP contribution is 2.63. The second-order valence-corrected chi connectivity index (χ2v) is 5.26. The van der Waals surface area contributed by atoms with Gasteiger partial charge in [0.15, 0.2) is 0 Å². The number of ether oxygens (including phenoxy) is 1. The zero-order valence-electron chi connectivity index (χ0n) is 9.43. The van der Waals surface area contributed by atoms with Crippen LogP contribution in [-0.4, -0.2) is 17.8 Å². The van der Waals surface area contributed by atoms with E-state index in [-0.39, 0.29) is 6.10 Å². The van der Waals surface area contributed by atoms with E-state index >= 15 is 0 Å². The second-order valence-electron chi connectivity index (χ2n) is 5.26. The van der Waals surface area contributed by atoms with Gasteiger partial charge >= 0.3 is 0 Å². The van der Waals surface area contributed by atoms with Gasteiger partial charge in [-0.2, -0.15) is 0 Å². The summed E-state index contributed by atoms with van der Waals surface area (Å²) in [5, 5.41) is 9.67. The first-order valence-corrected chi connectivity index (χ1v) is 6.10. The van der Waals surface area contributed by atoms with Crippen LogP contribution in [-0.2, 0) is 11.3 Å². The minimum absolute atomic E-state index is 0.0553. The van der Waals surface area contributed by atoms with Gasteiger partial charge in [-0.05, 0) is 36.2 Å². The van der Waals surface area contributed by atoms with Gasteiger partial charge in [-0.15, -0.1) is 0 Å². The second kappa shape index (κ2) is 3.86. The van der Waals surface area contributed by atoms with Crippen molar-refractivity contribution in [2.24, 2.45) is 11.3 Å². The highest BCUT2D eigenvalue weighted by atomic mass is 16.5. The van der Waals surface area contributed by atoms with Crippen LogP contribution < -0.4 is 0 Å². The van der Waals surface area contributed by atoms with Gasteiger partial charge in [0.25, 0.3) is 0 Å². The van der Waals surface area contributed by atoms with Gasteiger partial charge in [0.1, 0.15) is 0 Å². The molecule has 2 aliphatic carbocycles. The summed E-state index contributed by atoms with van der Waals surface area (Å²) in [5.74, 6) is 0.531. The number of rotatable bonds is 4. The average molecular weight is 218 g/mol. The molecule has 2 heteroatoms. The molecule has 2 fully saturated rings. The Bertz CT molecular complexity index is 362. The smallest absolute Gasteiger partial charge is 0.0717 e. The minimum Gasteiger partial charge on any atom is -0.393 e. The summed E-state index contributed by atoms with van der Waals surface area (Å²) in [6.07, 6.45) is 3.23. The number of fused-ring (bicyclic) bond motifs is 1. The molecule has 86 valence electrons. The van der Waals surface area contributed by atoms with Gasteiger partial charge in [0.2, 0.25) is 0 Å². The molecule has 0 aromatic heterocycles. The number of aliphatic hydroxyl groups excluding tert-OH is 1. The molecule has 3 atom stereocenters. The molecule has 2 aliphatic rings. The van der Waals surface area contributed by atoms with Crippen LogP contribution >= 0.6 is 0 Å². The van der Waals surface area contributed by atoms with Crippen LogP contribution in [0.1, 0.15) is 24.8 Å². The quantitative estimate of drug-likeness (QED) is 0.840. The van der Waals surface area contributed by atoms with Crippen molar-refractivity contribution in [3.63, 3.8) is 0 Å². The summed E-state index contributed by atoms with van der Waals surface area (Å²) in [6.45, 7) is 1.52. The Morgan fingerprint density at radius 1 is 1.31 bits per heavy atom. The van der Waals surface area contributed by atoms with Gasteiger partial charge in [0, 0.05) is 0 Å². The third-order valence-electron chi connectivity index (χ3n) is 4.16. The van der Waals surface area contributed by atoms with Crippen molar-refractivity contribution in [1.82, 2.24) is 0 Å². The summed E-state index contributed by atoms with van der Waals surface area (Å²) < 4.78 is 5.79. The number of benzene rings is 1. The Hall–Kier alpha value is -0.860. The summed E-state index contributed by atoms with van der Waals surface area (Å²) >= 11 is 0. The van der Waals surface area contributed by atoms with Gasteiger partial charge in [-0.3, -0.25) is 0 Å². The van der Waals surface area contributed by atoms with Crippen LogP contribution in [0.25, 0.3) is 0 Å². The van der Waals surface area contributed by atoms with Crippen LogP contribution in [0.2, 0.25) is 0 Å². The van der Waals surface area contributed by atoms with Crippen LogP contribution in [0.5, 0.6) is 0 Å². The molecule has 0 aliphatic heterocycles. The van der Waals surface area contributed by atoms with Gasteiger partial charge < -0.3 is 9.84 Å². The predicted octanol–water partition coefficient (Wildman–Crippen LogP) is 2.36. The zero-order chi connectivity index (χ0) is 11.0. The molecule has 2 saturated carbocycles. The number of aliphatic hydroxyl groups is 1. The lowest BCUT2D eigenvalue weighted by Gasteiger charge is -2.11. The van der Waals surface area contributed by atoms with Crippen molar-refractivity contribution in [3.05, 3.63) is 35.9 Å². The minimum atomic E-state index is -0.0553. The first-order valence-electron chi connectivity index (χ1n) is 6.10. The third-order valence-corrected chi connectivity index (χ3v) is 4.16. The SMILES string of the molecule is O[C@H]1CC[C@@]2(COCc3ccccc3)C[C@@H]12. The molecule has 16 heavy (non-hydrogen) atoms. The van der Waals surface area contributed by atoms with Crippen molar-refractivity contribution in [2.75, 3.05) is 6.61 Å². The average Bonchev–Trinajstić information content (AvgIpc) is 2.95. The highest BCUT2D eigenvalue weighted by molar-refractivity contribution is 5.14. The van der Waals surface area contributed by atoms with Crippen molar-refractivity contribution in [1.29, 1.82) is 0 Å². The molecule has 0 spiro atoms. The molecule has 1 aromatic carbocycles. The van der Waals surface area contributed by atoms with Gasteiger partial charge in [-0.25, -0.2) is 0 Å². The van der Waals surface area contributed by atoms with E-state index in [1.807, 2.05) is 18.2 Å². The summed E-state index contributed by atoms with van der Waals surface area (Å²) in [6, 6.07) is 10.3. The van der Waals surface area contributed by atoms with Crippen LogP contribution in [0.15, 0.2) is 30.3 Å². The topological polar surface area (TPSA) is 29.5 Å². The van der Waals surface area contributed by atoms with E-state index in [1.165, 1.54) is 12.0 Å². The zero-order valence-corrected chi connectivity index (χ0v) is 9.43. The lowest BCUT2D eigenvalue weighted by atomic mass is 10.1. The van der Waals surface area contributed by atoms with E-state index in [2.05, 4.69) is 12.1 Å². The third kappa shape index (κ3) is 1.76. The lowest BCUT2D eigenvalue weighted by molar-refractivity contribution is 0.0730. The Kier molecular flexibility index (Phi) is 2.49. The summed E-state index contributed by atoms with van der Waals surface area (Å²) in [4.78, 5) is 0. The Labute approximate surface area is 96.2 Å². The normalized spacial score (nSPS) is 36.1. The predicted molar refractivity (Wildman–Crippen MR) is 61.9 cm³/mol. The maximum atomic E-state index is 9.67. The first kappa shape index (κ1) is 10.3. The molecule has 0 bridgehead atoms. The van der Waals surface area contributed by atoms with E-state index in [0.717, 1.165) is 19.4 Å².